The Morgan fingerprint density at radius 3 is 2.50 bits per heavy atom. The van der Waals surface area contributed by atoms with E-state index >= 15 is 0 Å². The lowest BCUT2D eigenvalue weighted by atomic mass is 9.85. The zero-order valence-electron chi connectivity index (χ0n) is 11.2. The lowest BCUT2D eigenvalue weighted by Gasteiger charge is -2.22. The van der Waals surface area contributed by atoms with Crippen molar-refractivity contribution in [3.8, 4) is 17.0 Å². The summed E-state index contributed by atoms with van der Waals surface area (Å²) in [4.78, 5) is 4.32. The fourth-order valence-electron chi connectivity index (χ4n) is 1.87. The summed E-state index contributed by atoms with van der Waals surface area (Å²) in [6.45, 7) is 6.51. The average Bonchev–Trinajstić information content (AvgIpc) is 2.74. The summed E-state index contributed by atoms with van der Waals surface area (Å²) in [5.74, 6) is 0.912. The maximum atomic E-state index is 5.68. The standard InChI is InChI=1S/C14H18N2OS/c1-14(2,3)10-7-9(5-6-12(10)17-4)11-8-18-13(15)16-11/h5-8H,1-4H3,(H2,15,16). The van der Waals surface area contributed by atoms with Gasteiger partial charge in [-0.2, -0.15) is 0 Å². The van der Waals surface area contributed by atoms with Crippen molar-refractivity contribution in [3.63, 3.8) is 0 Å². The second-order valence-corrected chi connectivity index (χ2v) is 6.13. The first-order valence-electron chi connectivity index (χ1n) is 5.81. The summed E-state index contributed by atoms with van der Waals surface area (Å²) < 4.78 is 5.43. The van der Waals surface area contributed by atoms with Crippen molar-refractivity contribution in [1.82, 2.24) is 4.98 Å². The Morgan fingerprint density at radius 1 is 1.28 bits per heavy atom. The molecule has 0 aliphatic heterocycles. The number of benzene rings is 1. The molecular weight excluding hydrogens is 244 g/mol. The van der Waals surface area contributed by atoms with Crippen LogP contribution < -0.4 is 10.5 Å². The first-order chi connectivity index (χ1) is 8.41. The van der Waals surface area contributed by atoms with Gasteiger partial charge in [0.15, 0.2) is 5.13 Å². The van der Waals surface area contributed by atoms with Crippen LogP contribution in [0.25, 0.3) is 11.3 Å². The fraction of sp³-hybridized carbons (Fsp3) is 0.357. The molecule has 1 aromatic heterocycles. The van der Waals surface area contributed by atoms with Gasteiger partial charge in [-0.1, -0.05) is 20.8 Å². The first-order valence-corrected chi connectivity index (χ1v) is 6.69. The summed E-state index contributed by atoms with van der Waals surface area (Å²) in [5, 5.41) is 2.57. The van der Waals surface area contributed by atoms with E-state index < -0.39 is 0 Å². The number of rotatable bonds is 2. The minimum absolute atomic E-state index is 0.0307. The van der Waals surface area contributed by atoms with Crippen LogP contribution >= 0.6 is 11.3 Å². The summed E-state index contributed by atoms with van der Waals surface area (Å²) in [6.07, 6.45) is 0. The van der Waals surface area contributed by atoms with E-state index in [-0.39, 0.29) is 5.41 Å². The zero-order chi connectivity index (χ0) is 13.3. The van der Waals surface area contributed by atoms with E-state index in [9.17, 15) is 0 Å². The number of hydrogen-bond donors (Lipinski definition) is 1. The Bertz CT molecular complexity index is 555. The van der Waals surface area contributed by atoms with Crippen LogP contribution in [0.15, 0.2) is 23.6 Å². The van der Waals surface area contributed by atoms with Crippen LogP contribution in [0, 0.1) is 0 Å². The molecule has 0 amide bonds. The van der Waals surface area contributed by atoms with Gasteiger partial charge < -0.3 is 10.5 Å². The number of aromatic nitrogens is 1. The summed E-state index contributed by atoms with van der Waals surface area (Å²) in [7, 11) is 1.70. The van der Waals surface area contributed by atoms with Gasteiger partial charge in [0.05, 0.1) is 12.8 Å². The SMILES string of the molecule is COc1ccc(-c2csc(N)n2)cc1C(C)(C)C. The molecule has 0 saturated carbocycles. The molecule has 0 spiro atoms. The highest BCUT2D eigenvalue weighted by Crippen LogP contribution is 2.35. The first kappa shape index (κ1) is 12.9. The Labute approximate surface area is 112 Å². The van der Waals surface area contributed by atoms with E-state index in [2.05, 4.69) is 31.8 Å². The summed E-state index contributed by atoms with van der Waals surface area (Å²) in [5.41, 5.74) is 8.88. The molecule has 0 unspecified atom stereocenters. The van der Waals surface area contributed by atoms with Gasteiger partial charge in [-0.15, -0.1) is 11.3 Å². The Kier molecular flexibility index (Phi) is 3.30. The molecule has 3 nitrogen and oxygen atoms in total. The van der Waals surface area contributed by atoms with Crippen molar-refractivity contribution in [1.29, 1.82) is 0 Å². The molecular formula is C14H18N2OS. The van der Waals surface area contributed by atoms with Crippen molar-refractivity contribution in [2.24, 2.45) is 0 Å². The molecule has 0 bridgehead atoms. The van der Waals surface area contributed by atoms with Gasteiger partial charge in [-0.3, -0.25) is 0 Å². The van der Waals surface area contributed by atoms with Gasteiger partial charge in [-0.05, 0) is 23.6 Å². The van der Waals surface area contributed by atoms with Gasteiger partial charge in [-0.25, -0.2) is 4.98 Å². The highest BCUT2D eigenvalue weighted by Gasteiger charge is 2.19. The van der Waals surface area contributed by atoms with Crippen LogP contribution in [-0.4, -0.2) is 12.1 Å². The van der Waals surface area contributed by atoms with E-state index in [0.29, 0.717) is 5.13 Å². The Morgan fingerprint density at radius 2 is 2.00 bits per heavy atom. The van der Waals surface area contributed by atoms with E-state index in [1.54, 1.807) is 7.11 Å². The molecule has 2 N–H and O–H groups in total. The Balaban J connectivity index is 2.52. The van der Waals surface area contributed by atoms with Gasteiger partial charge in [0.2, 0.25) is 0 Å². The van der Waals surface area contributed by atoms with Crippen LogP contribution in [-0.2, 0) is 5.41 Å². The van der Waals surface area contributed by atoms with Gasteiger partial charge in [0.1, 0.15) is 5.75 Å². The third-order valence-electron chi connectivity index (χ3n) is 2.83. The second kappa shape index (κ2) is 4.61. The maximum absolute atomic E-state index is 5.68. The predicted molar refractivity (Wildman–Crippen MR) is 77.2 cm³/mol. The normalized spacial score (nSPS) is 11.6. The second-order valence-electron chi connectivity index (χ2n) is 5.24. The number of ether oxygens (including phenoxy) is 1. The third kappa shape index (κ3) is 2.48. The van der Waals surface area contributed by atoms with Crippen molar-refractivity contribution < 1.29 is 4.74 Å². The lowest BCUT2D eigenvalue weighted by Crippen LogP contribution is -2.12. The molecule has 0 radical (unpaired) electrons. The average molecular weight is 262 g/mol. The Hall–Kier alpha value is -1.55. The third-order valence-corrected chi connectivity index (χ3v) is 3.50. The number of anilines is 1. The molecule has 2 aromatic rings. The number of methoxy groups -OCH3 is 1. The van der Waals surface area contributed by atoms with Crippen molar-refractivity contribution in [2.45, 2.75) is 26.2 Å². The summed E-state index contributed by atoms with van der Waals surface area (Å²) in [6, 6.07) is 6.14. The minimum Gasteiger partial charge on any atom is -0.496 e. The lowest BCUT2D eigenvalue weighted by molar-refractivity contribution is 0.397. The molecule has 18 heavy (non-hydrogen) atoms. The number of thiazole rings is 1. The quantitative estimate of drug-likeness (QED) is 0.897. The zero-order valence-corrected chi connectivity index (χ0v) is 12.0. The van der Waals surface area contributed by atoms with Crippen molar-refractivity contribution in [3.05, 3.63) is 29.1 Å². The molecule has 0 saturated heterocycles. The van der Waals surface area contributed by atoms with Crippen LogP contribution in [0.4, 0.5) is 5.13 Å². The molecule has 0 aliphatic carbocycles. The molecule has 2 rings (SSSR count). The van der Waals surface area contributed by atoms with Crippen LogP contribution in [0.5, 0.6) is 5.75 Å². The number of nitrogen functional groups attached to an aromatic ring is 1. The summed E-state index contributed by atoms with van der Waals surface area (Å²) >= 11 is 1.46. The molecule has 0 atom stereocenters. The van der Waals surface area contributed by atoms with E-state index in [1.165, 1.54) is 16.9 Å². The van der Waals surface area contributed by atoms with Crippen molar-refractivity contribution >= 4 is 16.5 Å². The maximum Gasteiger partial charge on any atom is 0.180 e. The van der Waals surface area contributed by atoms with E-state index in [0.717, 1.165) is 17.0 Å². The fourth-order valence-corrected chi connectivity index (χ4v) is 2.45. The number of nitrogens with zero attached hydrogens (tertiary/aromatic N) is 1. The molecule has 96 valence electrons. The van der Waals surface area contributed by atoms with Crippen LogP contribution in [0.3, 0.4) is 0 Å². The van der Waals surface area contributed by atoms with Crippen LogP contribution in [0.1, 0.15) is 26.3 Å². The number of hydrogen-bond acceptors (Lipinski definition) is 4. The molecule has 4 heteroatoms. The monoisotopic (exact) mass is 262 g/mol. The topological polar surface area (TPSA) is 48.1 Å². The minimum atomic E-state index is 0.0307. The predicted octanol–water partition coefficient (Wildman–Crippen LogP) is 3.70. The molecule has 0 aliphatic rings. The molecule has 1 heterocycles. The molecule has 0 fully saturated rings. The van der Waals surface area contributed by atoms with E-state index in [4.69, 9.17) is 10.5 Å². The molecule has 1 aromatic carbocycles. The van der Waals surface area contributed by atoms with Gasteiger partial charge in [0.25, 0.3) is 0 Å². The van der Waals surface area contributed by atoms with E-state index in [1.807, 2.05) is 17.5 Å². The smallest absolute Gasteiger partial charge is 0.180 e. The van der Waals surface area contributed by atoms with Crippen LogP contribution in [0.2, 0.25) is 0 Å². The van der Waals surface area contributed by atoms with Crippen molar-refractivity contribution in [2.75, 3.05) is 12.8 Å². The number of nitrogens with two attached hydrogens (primary N) is 1. The van der Waals surface area contributed by atoms with Gasteiger partial charge >= 0.3 is 0 Å². The highest BCUT2D eigenvalue weighted by molar-refractivity contribution is 7.13. The largest absolute Gasteiger partial charge is 0.496 e. The highest BCUT2D eigenvalue weighted by atomic mass is 32.1. The van der Waals surface area contributed by atoms with Gasteiger partial charge in [0, 0.05) is 16.5 Å².